The highest BCUT2D eigenvalue weighted by molar-refractivity contribution is 5.92. The van der Waals surface area contributed by atoms with Crippen molar-refractivity contribution in [1.29, 1.82) is 0 Å². The summed E-state index contributed by atoms with van der Waals surface area (Å²) in [7, 11) is 1.59. The van der Waals surface area contributed by atoms with Crippen molar-refractivity contribution in [3.63, 3.8) is 0 Å². The van der Waals surface area contributed by atoms with Crippen LogP contribution in [0.5, 0.6) is 0 Å². The largest absolute Gasteiger partial charge is 0.327 e. The summed E-state index contributed by atoms with van der Waals surface area (Å²) in [6, 6.07) is 0. The number of ether oxygens (including phenoxy) is 1. The Labute approximate surface area is 83.8 Å². The van der Waals surface area contributed by atoms with Crippen LogP contribution in [-0.2, 0) is 4.74 Å². The van der Waals surface area contributed by atoms with Crippen molar-refractivity contribution in [3.05, 3.63) is 0 Å². The Morgan fingerprint density at radius 3 is 3.00 bits per heavy atom. The normalized spacial score (nSPS) is 28.6. The Kier molecular flexibility index (Phi) is 3.84. The van der Waals surface area contributed by atoms with Gasteiger partial charge >= 0.3 is 5.97 Å². The van der Waals surface area contributed by atoms with Crippen molar-refractivity contribution in [1.82, 2.24) is 16.0 Å². The van der Waals surface area contributed by atoms with E-state index in [0.717, 1.165) is 6.54 Å². The molecule has 0 aromatic rings. The first-order chi connectivity index (χ1) is 6.76. The molecule has 1 heterocycles. The predicted octanol–water partition coefficient (Wildman–Crippen LogP) is -0.549. The molecule has 0 aromatic carbocycles. The number of hydrogen-bond acceptors (Lipinski definition) is 4. The molecule has 0 bridgehead atoms. The zero-order valence-corrected chi connectivity index (χ0v) is 8.79. The van der Waals surface area contributed by atoms with Crippen LogP contribution in [0.25, 0.3) is 0 Å². The molecule has 0 aromatic heterocycles. The fourth-order valence-electron chi connectivity index (χ4n) is 1.16. The summed E-state index contributed by atoms with van der Waals surface area (Å²) < 4.78 is 5.25. The van der Waals surface area contributed by atoms with Crippen LogP contribution in [0.15, 0.2) is 9.98 Å². The molecular weight excluding hydrogens is 182 g/mol. The maximum absolute atomic E-state index is 5.25. The zero-order chi connectivity index (χ0) is 10.4. The number of methoxy groups -OCH3 is 1. The third-order valence-electron chi connectivity index (χ3n) is 1.76. The van der Waals surface area contributed by atoms with Crippen molar-refractivity contribution < 1.29 is 4.74 Å². The third kappa shape index (κ3) is 2.43. The summed E-state index contributed by atoms with van der Waals surface area (Å²) in [5, 5.41) is 9.00. The van der Waals surface area contributed by atoms with Gasteiger partial charge in [-0.1, -0.05) is 6.92 Å². The lowest BCUT2D eigenvalue weighted by atomic mass is 10.5. The van der Waals surface area contributed by atoms with E-state index < -0.39 is 5.97 Å². The van der Waals surface area contributed by atoms with Gasteiger partial charge in [-0.15, -0.1) is 0 Å². The first kappa shape index (κ1) is 10.9. The maximum atomic E-state index is 5.25. The van der Waals surface area contributed by atoms with E-state index in [1.54, 1.807) is 13.4 Å². The molecule has 6 heteroatoms. The number of hydrogen-bond donors (Lipinski definition) is 3. The van der Waals surface area contributed by atoms with Gasteiger partial charge in [0, 0.05) is 13.7 Å². The lowest BCUT2D eigenvalue weighted by Crippen LogP contribution is -2.64. The van der Waals surface area contributed by atoms with Crippen molar-refractivity contribution in [2.45, 2.75) is 19.8 Å². The molecule has 1 atom stereocenters. The topological polar surface area (TPSA) is 70.0 Å². The Hall–Kier alpha value is -1.14. The summed E-state index contributed by atoms with van der Waals surface area (Å²) in [5.74, 6) is -0.223. The Balaban J connectivity index is 2.73. The minimum absolute atomic E-state index is 0.658. The Morgan fingerprint density at radius 1 is 1.64 bits per heavy atom. The van der Waals surface area contributed by atoms with E-state index in [1.807, 2.05) is 13.8 Å². The van der Waals surface area contributed by atoms with Crippen LogP contribution < -0.4 is 16.0 Å². The lowest BCUT2D eigenvalue weighted by molar-refractivity contribution is -0.0455. The number of guanidine groups is 1. The van der Waals surface area contributed by atoms with Gasteiger partial charge in [-0.3, -0.25) is 15.6 Å². The van der Waals surface area contributed by atoms with Gasteiger partial charge in [-0.25, -0.2) is 4.99 Å². The zero-order valence-electron chi connectivity index (χ0n) is 8.79. The van der Waals surface area contributed by atoms with Crippen molar-refractivity contribution >= 4 is 12.3 Å². The smallest absolute Gasteiger partial charge is 0.303 e. The van der Waals surface area contributed by atoms with Crippen LogP contribution in [0.3, 0.4) is 0 Å². The first-order valence-corrected chi connectivity index (χ1v) is 4.69. The molecule has 1 rings (SSSR count). The molecule has 80 valence electrons. The monoisotopic (exact) mass is 199 g/mol. The van der Waals surface area contributed by atoms with Crippen molar-refractivity contribution in [2.75, 3.05) is 20.2 Å². The minimum Gasteiger partial charge on any atom is -0.327 e. The van der Waals surface area contributed by atoms with E-state index in [9.17, 15) is 0 Å². The van der Waals surface area contributed by atoms with Crippen LogP contribution >= 0.6 is 0 Å². The molecule has 3 N–H and O–H groups in total. The van der Waals surface area contributed by atoms with Gasteiger partial charge < -0.3 is 10.1 Å². The van der Waals surface area contributed by atoms with Gasteiger partial charge in [-0.05, 0) is 13.5 Å². The van der Waals surface area contributed by atoms with Crippen molar-refractivity contribution in [3.8, 4) is 0 Å². The SMILES string of the molecule is CCN=C1NC=NC(NCC)(OC)N1. The van der Waals surface area contributed by atoms with Crippen LogP contribution in [0, 0.1) is 0 Å². The molecule has 1 aliphatic heterocycles. The molecule has 0 aliphatic carbocycles. The fraction of sp³-hybridized carbons (Fsp3) is 0.750. The van der Waals surface area contributed by atoms with Gasteiger partial charge in [0.2, 0.25) is 5.96 Å². The number of nitrogens with zero attached hydrogens (tertiary/aromatic N) is 2. The highest BCUT2D eigenvalue weighted by Gasteiger charge is 2.30. The number of nitrogens with one attached hydrogen (secondary N) is 3. The number of aliphatic imine (C=N–C) groups is 2. The molecule has 0 amide bonds. The summed E-state index contributed by atoms with van der Waals surface area (Å²) in [4.78, 5) is 8.33. The Bertz CT molecular complexity index is 240. The second-order valence-corrected chi connectivity index (χ2v) is 2.73. The molecule has 14 heavy (non-hydrogen) atoms. The molecule has 0 radical (unpaired) electrons. The first-order valence-electron chi connectivity index (χ1n) is 4.69. The van der Waals surface area contributed by atoms with Crippen molar-refractivity contribution in [2.24, 2.45) is 9.98 Å². The van der Waals surface area contributed by atoms with Gasteiger partial charge in [0.05, 0.1) is 6.34 Å². The van der Waals surface area contributed by atoms with Gasteiger partial charge in [0.25, 0.3) is 0 Å². The standard InChI is InChI=1S/C8H17N5O/c1-4-9-7-10-6-12-8(13-7,14-3)11-5-2/h6,11H,4-5H2,1-3H3,(H2,9,10,12,13). The molecule has 0 saturated carbocycles. The highest BCUT2D eigenvalue weighted by Crippen LogP contribution is 2.04. The highest BCUT2D eigenvalue weighted by atomic mass is 16.5. The second-order valence-electron chi connectivity index (χ2n) is 2.73. The van der Waals surface area contributed by atoms with E-state index in [2.05, 4.69) is 25.9 Å². The molecular formula is C8H17N5O. The third-order valence-corrected chi connectivity index (χ3v) is 1.76. The van der Waals surface area contributed by atoms with Gasteiger partial charge in [0.1, 0.15) is 0 Å². The molecule has 0 spiro atoms. The summed E-state index contributed by atoms with van der Waals surface area (Å²) in [5.41, 5.74) is 0. The predicted molar refractivity (Wildman–Crippen MR) is 56.2 cm³/mol. The maximum Gasteiger partial charge on any atom is 0.303 e. The van der Waals surface area contributed by atoms with Gasteiger partial charge in [-0.2, -0.15) is 0 Å². The number of rotatable bonds is 4. The summed E-state index contributed by atoms with van der Waals surface area (Å²) in [6.07, 6.45) is 1.57. The average molecular weight is 199 g/mol. The van der Waals surface area contributed by atoms with E-state index in [0.29, 0.717) is 12.5 Å². The van der Waals surface area contributed by atoms with Crippen LogP contribution in [0.1, 0.15) is 13.8 Å². The van der Waals surface area contributed by atoms with E-state index in [-0.39, 0.29) is 0 Å². The molecule has 1 aliphatic rings. The summed E-state index contributed by atoms with van der Waals surface area (Å²) >= 11 is 0. The quantitative estimate of drug-likeness (QED) is 0.531. The van der Waals surface area contributed by atoms with E-state index in [4.69, 9.17) is 4.74 Å². The molecule has 0 fully saturated rings. The molecule has 0 saturated heterocycles. The van der Waals surface area contributed by atoms with E-state index in [1.165, 1.54) is 0 Å². The van der Waals surface area contributed by atoms with Crippen LogP contribution in [0.4, 0.5) is 0 Å². The minimum atomic E-state index is -0.881. The fourth-order valence-corrected chi connectivity index (χ4v) is 1.16. The van der Waals surface area contributed by atoms with Gasteiger partial charge in [0.15, 0.2) is 0 Å². The molecule has 1 unspecified atom stereocenters. The van der Waals surface area contributed by atoms with E-state index >= 15 is 0 Å². The van der Waals surface area contributed by atoms with Crippen LogP contribution in [-0.4, -0.2) is 38.5 Å². The summed E-state index contributed by atoms with van der Waals surface area (Å²) in [6.45, 7) is 5.40. The molecule has 6 nitrogen and oxygen atoms in total. The van der Waals surface area contributed by atoms with Crippen LogP contribution in [0.2, 0.25) is 0 Å². The average Bonchev–Trinajstić information content (AvgIpc) is 2.19. The Morgan fingerprint density at radius 2 is 2.43 bits per heavy atom. The second kappa shape index (κ2) is 4.92. The lowest BCUT2D eigenvalue weighted by Gasteiger charge is -2.33.